The lowest BCUT2D eigenvalue weighted by Gasteiger charge is -2.22. The Morgan fingerprint density at radius 3 is 2.92 bits per heavy atom. The van der Waals surface area contributed by atoms with Crippen LogP contribution in [-0.2, 0) is 16.0 Å². The molecule has 2 heterocycles. The van der Waals surface area contributed by atoms with E-state index in [2.05, 4.69) is 21.7 Å². The van der Waals surface area contributed by atoms with Crippen molar-refractivity contribution in [2.75, 3.05) is 40.5 Å². The highest BCUT2D eigenvalue weighted by Gasteiger charge is 2.20. The number of H-pyrrole nitrogens is 1. The molecule has 3 N–H and O–H groups in total. The molecule has 3 rings (SSSR count). The van der Waals surface area contributed by atoms with Crippen molar-refractivity contribution in [1.29, 1.82) is 0 Å². The number of nitrogens with one attached hydrogen (secondary N) is 3. The number of aromatic nitrogens is 1. The number of hydrogen-bond acceptors (Lipinski definition) is 5. The summed E-state index contributed by atoms with van der Waals surface area (Å²) >= 11 is 0. The predicted molar refractivity (Wildman–Crippen MR) is 95.3 cm³/mol. The molecular weight excluding hydrogens is 322 g/mol. The van der Waals surface area contributed by atoms with E-state index in [0.29, 0.717) is 19.8 Å². The van der Waals surface area contributed by atoms with E-state index in [9.17, 15) is 4.79 Å². The molecule has 1 atom stereocenters. The molecule has 136 valence electrons. The number of benzene rings is 1. The number of morpholine rings is 1. The lowest BCUT2D eigenvalue weighted by Crippen LogP contribution is -2.51. The number of fused-ring (bicyclic) bond motifs is 1. The molecule has 25 heavy (non-hydrogen) atoms. The number of aromatic amines is 1. The van der Waals surface area contributed by atoms with Crippen molar-refractivity contribution in [3.05, 3.63) is 23.9 Å². The van der Waals surface area contributed by atoms with Crippen LogP contribution in [0.2, 0.25) is 0 Å². The summed E-state index contributed by atoms with van der Waals surface area (Å²) < 4.78 is 16.0. The summed E-state index contributed by atoms with van der Waals surface area (Å²) in [6, 6.07) is 5.68. The van der Waals surface area contributed by atoms with Crippen LogP contribution in [0.5, 0.6) is 11.5 Å². The molecule has 1 aliphatic rings. The van der Waals surface area contributed by atoms with Crippen molar-refractivity contribution < 1.29 is 19.0 Å². The lowest BCUT2D eigenvalue weighted by molar-refractivity contribution is -0.125. The van der Waals surface area contributed by atoms with Gasteiger partial charge in [0.2, 0.25) is 5.91 Å². The average Bonchev–Trinajstić information content (AvgIpc) is 3.07. The zero-order chi connectivity index (χ0) is 17.6. The van der Waals surface area contributed by atoms with Crippen LogP contribution in [-0.4, -0.2) is 57.5 Å². The molecule has 1 aromatic heterocycles. The molecule has 1 unspecified atom stereocenters. The van der Waals surface area contributed by atoms with Crippen LogP contribution < -0.4 is 20.1 Å². The first-order valence-corrected chi connectivity index (χ1v) is 8.53. The van der Waals surface area contributed by atoms with Crippen LogP contribution in [0.3, 0.4) is 0 Å². The van der Waals surface area contributed by atoms with Gasteiger partial charge >= 0.3 is 0 Å². The molecule has 1 fully saturated rings. The van der Waals surface area contributed by atoms with E-state index in [-0.39, 0.29) is 11.9 Å². The number of carbonyl (C=O) groups is 1. The Hall–Kier alpha value is -2.25. The van der Waals surface area contributed by atoms with E-state index < -0.39 is 0 Å². The van der Waals surface area contributed by atoms with E-state index in [1.165, 1.54) is 0 Å². The Labute approximate surface area is 147 Å². The molecule has 2 aromatic rings. The zero-order valence-corrected chi connectivity index (χ0v) is 14.7. The Bertz CT molecular complexity index is 722. The largest absolute Gasteiger partial charge is 0.497 e. The van der Waals surface area contributed by atoms with Gasteiger partial charge in [-0.15, -0.1) is 0 Å². The molecule has 0 radical (unpaired) electrons. The number of rotatable bonds is 7. The van der Waals surface area contributed by atoms with E-state index >= 15 is 0 Å². The Kier molecular flexibility index (Phi) is 5.78. The van der Waals surface area contributed by atoms with Gasteiger partial charge in [0.1, 0.15) is 17.5 Å². The summed E-state index contributed by atoms with van der Waals surface area (Å²) in [4.78, 5) is 15.4. The molecule has 1 saturated heterocycles. The van der Waals surface area contributed by atoms with Gasteiger partial charge in [0.05, 0.1) is 33.0 Å². The first kappa shape index (κ1) is 17.6. The maximum absolute atomic E-state index is 12.0. The highest BCUT2D eigenvalue weighted by Crippen LogP contribution is 2.31. The molecule has 1 aromatic carbocycles. The first-order chi connectivity index (χ1) is 12.2. The smallest absolute Gasteiger partial charge is 0.239 e. The van der Waals surface area contributed by atoms with Gasteiger partial charge in [-0.1, -0.05) is 0 Å². The minimum atomic E-state index is -0.237. The second-order valence-corrected chi connectivity index (χ2v) is 6.06. The van der Waals surface area contributed by atoms with E-state index in [4.69, 9.17) is 14.2 Å². The summed E-state index contributed by atoms with van der Waals surface area (Å²) in [5.74, 6) is 1.54. The molecule has 1 amide bonds. The van der Waals surface area contributed by atoms with Gasteiger partial charge in [0.25, 0.3) is 0 Å². The number of amides is 1. The molecule has 0 spiro atoms. The number of hydrogen-bond donors (Lipinski definition) is 3. The summed E-state index contributed by atoms with van der Waals surface area (Å²) in [5, 5.41) is 7.14. The summed E-state index contributed by atoms with van der Waals surface area (Å²) in [6.45, 7) is 2.46. The highest BCUT2D eigenvalue weighted by molar-refractivity contribution is 5.88. The predicted octanol–water partition coefficient (Wildman–Crippen LogP) is 1.22. The van der Waals surface area contributed by atoms with Crippen LogP contribution >= 0.6 is 0 Å². The number of carbonyl (C=O) groups excluding carboxylic acids is 1. The molecule has 7 heteroatoms. The SMILES string of the molecule is COc1cc(OC)c2cc(CCCNC(=O)C3COCCN3)[nH]c2c1. The molecule has 0 aliphatic carbocycles. The van der Waals surface area contributed by atoms with Gasteiger partial charge in [-0.05, 0) is 18.9 Å². The molecule has 0 saturated carbocycles. The number of aryl methyl sites for hydroxylation is 1. The van der Waals surface area contributed by atoms with Gasteiger partial charge < -0.3 is 29.8 Å². The van der Waals surface area contributed by atoms with Crippen LogP contribution in [0.15, 0.2) is 18.2 Å². The fourth-order valence-corrected chi connectivity index (χ4v) is 3.01. The second kappa shape index (κ2) is 8.22. The first-order valence-electron chi connectivity index (χ1n) is 8.53. The minimum absolute atomic E-state index is 0.00255. The fourth-order valence-electron chi connectivity index (χ4n) is 3.01. The van der Waals surface area contributed by atoms with Gasteiger partial charge in [-0.25, -0.2) is 0 Å². The number of methoxy groups -OCH3 is 2. The average molecular weight is 347 g/mol. The van der Waals surface area contributed by atoms with E-state index in [1.54, 1.807) is 14.2 Å². The second-order valence-electron chi connectivity index (χ2n) is 6.06. The van der Waals surface area contributed by atoms with E-state index in [1.807, 2.05) is 12.1 Å². The minimum Gasteiger partial charge on any atom is -0.497 e. The molecular formula is C18H25N3O4. The Balaban J connectivity index is 1.53. The lowest BCUT2D eigenvalue weighted by atomic mass is 10.2. The van der Waals surface area contributed by atoms with Crippen molar-refractivity contribution in [1.82, 2.24) is 15.6 Å². The standard InChI is InChI=1S/C18H25N3O4/c1-23-13-9-15-14(17(10-13)24-2)8-12(21-15)4-3-5-20-18(22)16-11-25-7-6-19-16/h8-10,16,19,21H,3-7,11H2,1-2H3,(H,20,22). The van der Waals surface area contributed by atoms with Crippen LogP contribution in [0.25, 0.3) is 10.9 Å². The topological polar surface area (TPSA) is 84.6 Å². The summed E-state index contributed by atoms with van der Waals surface area (Å²) in [6.07, 6.45) is 1.70. The van der Waals surface area contributed by atoms with Gasteiger partial charge in [0, 0.05) is 36.3 Å². The van der Waals surface area contributed by atoms with Gasteiger partial charge in [-0.2, -0.15) is 0 Å². The van der Waals surface area contributed by atoms with Crippen LogP contribution in [0, 0.1) is 0 Å². The monoisotopic (exact) mass is 347 g/mol. The maximum Gasteiger partial charge on any atom is 0.239 e. The van der Waals surface area contributed by atoms with Crippen molar-refractivity contribution in [3.8, 4) is 11.5 Å². The fraction of sp³-hybridized carbons (Fsp3) is 0.500. The summed E-state index contributed by atoms with van der Waals surface area (Å²) in [5.41, 5.74) is 2.09. The number of ether oxygens (including phenoxy) is 3. The summed E-state index contributed by atoms with van der Waals surface area (Å²) in [7, 11) is 3.29. The zero-order valence-electron chi connectivity index (χ0n) is 14.7. The van der Waals surface area contributed by atoms with Gasteiger partial charge in [-0.3, -0.25) is 4.79 Å². The third-order valence-corrected chi connectivity index (χ3v) is 4.35. The molecule has 1 aliphatic heterocycles. The highest BCUT2D eigenvalue weighted by atomic mass is 16.5. The van der Waals surface area contributed by atoms with Crippen molar-refractivity contribution in [3.63, 3.8) is 0 Å². The van der Waals surface area contributed by atoms with E-state index in [0.717, 1.165) is 47.5 Å². The molecule has 7 nitrogen and oxygen atoms in total. The third kappa shape index (κ3) is 4.24. The third-order valence-electron chi connectivity index (χ3n) is 4.35. The van der Waals surface area contributed by atoms with Crippen molar-refractivity contribution >= 4 is 16.8 Å². The Morgan fingerprint density at radius 1 is 1.32 bits per heavy atom. The maximum atomic E-state index is 12.0. The van der Waals surface area contributed by atoms with Crippen molar-refractivity contribution in [2.45, 2.75) is 18.9 Å². The Morgan fingerprint density at radius 2 is 2.20 bits per heavy atom. The quantitative estimate of drug-likeness (QED) is 0.656. The van der Waals surface area contributed by atoms with Gasteiger partial charge in [0.15, 0.2) is 0 Å². The van der Waals surface area contributed by atoms with Crippen LogP contribution in [0.1, 0.15) is 12.1 Å². The normalized spacial score (nSPS) is 17.4. The van der Waals surface area contributed by atoms with Crippen molar-refractivity contribution in [2.24, 2.45) is 0 Å². The molecule has 0 bridgehead atoms. The van der Waals surface area contributed by atoms with Crippen LogP contribution in [0.4, 0.5) is 0 Å².